The van der Waals surface area contributed by atoms with Gasteiger partial charge in [-0.3, -0.25) is 4.98 Å². The summed E-state index contributed by atoms with van der Waals surface area (Å²) >= 11 is 0. The molecular formula is C25H18F3N5. The van der Waals surface area contributed by atoms with E-state index in [1.165, 1.54) is 12.4 Å². The van der Waals surface area contributed by atoms with E-state index in [2.05, 4.69) is 20.3 Å². The van der Waals surface area contributed by atoms with E-state index in [1.807, 2.05) is 42.5 Å². The molecule has 2 aromatic carbocycles. The molecule has 5 aromatic rings. The number of halogens is 3. The maximum Gasteiger partial charge on any atom is 0.416 e. The van der Waals surface area contributed by atoms with Crippen molar-refractivity contribution in [1.29, 1.82) is 0 Å². The highest BCUT2D eigenvalue weighted by Crippen LogP contribution is 2.36. The van der Waals surface area contributed by atoms with Gasteiger partial charge in [0, 0.05) is 36.4 Å². The molecule has 0 unspecified atom stereocenters. The van der Waals surface area contributed by atoms with Gasteiger partial charge in [0.05, 0.1) is 10.9 Å². The maximum absolute atomic E-state index is 13.3. The molecule has 3 heterocycles. The maximum atomic E-state index is 13.3. The number of fused-ring (bicyclic) bond motifs is 1. The second-order valence-corrected chi connectivity index (χ2v) is 7.46. The number of pyridine rings is 1. The van der Waals surface area contributed by atoms with Gasteiger partial charge in [0.25, 0.3) is 0 Å². The van der Waals surface area contributed by atoms with Crippen molar-refractivity contribution in [1.82, 2.24) is 19.5 Å². The third kappa shape index (κ3) is 4.15. The minimum absolute atomic E-state index is 0.369. The largest absolute Gasteiger partial charge is 0.416 e. The van der Waals surface area contributed by atoms with E-state index >= 15 is 0 Å². The lowest BCUT2D eigenvalue weighted by Crippen LogP contribution is -2.06. The summed E-state index contributed by atoms with van der Waals surface area (Å²) in [5.74, 6) is 0.591. The van der Waals surface area contributed by atoms with Crippen molar-refractivity contribution < 1.29 is 13.2 Å². The molecule has 0 saturated heterocycles. The van der Waals surface area contributed by atoms with Crippen LogP contribution in [0, 0.1) is 0 Å². The summed E-state index contributed by atoms with van der Waals surface area (Å²) in [7, 11) is 0. The van der Waals surface area contributed by atoms with Crippen LogP contribution in [0.3, 0.4) is 0 Å². The molecule has 164 valence electrons. The number of rotatable bonds is 5. The van der Waals surface area contributed by atoms with Crippen molar-refractivity contribution in [2.24, 2.45) is 0 Å². The Morgan fingerprint density at radius 3 is 2.52 bits per heavy atom. The molecule has 5 rings (SSSR count). The SMILES string of the molecule is FC(F)(F)c1cccc(-n2cc(-c3ccccc3)c3c(NCc4cccnc4)ncnc32)c1. The minimum Gasteiger partial charge on any atom is -0.365 e. The summed E-state index contributed by atoms with van der Waals surface area (Å²) in [5.41, 5.74) is 2.87. The number of aromatic nitrogens is 4. The van der Waals surface area contributed by atoms with Crippen molar-refractivity contribution in [2.45, 2.75) is 12.7 Å². The van der Waals surface area contributed by atoms with Gasteiger partial charge in [0.1, 0.15) is 12.1 Å². The molecule has 0 aliphatic rings. The highest BCUT2D eigenvalue weighted by atomic mass is 19.4. The quantitative estimate of drug-likeness (QED) is 0.354. The molecule has 0 spiro atoms. The van der Waals surface area contributed by atoms with Gasteiger partial charge in [-0.2, -0.15) is 13.2 Å². The fraction of sp³-hybridized carbons (Fsp3) is 0.0800. The summed E-state index contributed by atoms with van der Waals surface area (Å²) in [5, 5.41) is 4.06. The first kappa shape index (κ1) is 20.7. The average molecular weight is 445 g/mol. The first-order chi connectivity index (χ1) is 16.0. The van der Waals surface area contributed by atoms with Gasteiger partial charge in [-0.15, -0.1) is 0 Å². The van der Waals surface area contributed by atoms with E-state index in [9.17, 15) is 13.2 Å². The van der Waals surface area contributed by atoms with Crippen molar-refractivity contribution in [2.75, 3.05) is 5.32 Å². The van der Waals surface area contributed by atoms with E-state index < -0.39 is 11.7 Å². The van der Waals surface area contributed by atoms with Crippen molar-refractivity contribution in [3.8, 4) is 16.8 Å². The van der Waals surface area contributed by atoms with Gasteiger partial charge in [0.15, 0.2) is 5.65 Å². The number of hydrogen-bond acceptors (Lipinski definition) is 4. The van der Waals surface area contributed by atoms with Crippen molar-refractivity contribution in [3.63, 3.8) is 0 Å². The van der Waals surface area contributed by atoms with Crippen LogP contribution in [0.1, 0.15) is 11.1 Å². The molecule has 0 bridgehead atoms. The van der Waals surface area contributed by atoms with Crippen molar-refractivity contribution in [3.05, 3.63) is 103 Å². The zero-order valence-corrected chi connectivity index (χ0v) is 17.3. The van der Waals surface area contributed by atoms with Crippen molar-refractivity contribution >= 4 is 16.9 Å². The highest BCUT2D eigenvalue weighted by Gasteiger charge is 2.30. The fourth-order valence-corrected chi connectivity index (χ4v) is 3.75. The number of hydrogen-bond donors (Lipinski definition) is 1. The van der Waals surface area contributed by atoms with E-state index in [4.69, 9.17) is 0 Å². The second-order valence-electron chi connectivity index (χ2n) is 7.46. The zero-order valence-electron chi connectivity index (χ0n) is 17.3. The molecule has 1 N–H and O–H groups in total. The molecule has 0 aliphatic heterocycles. The van der Waals surface area contributed by atoms with E-state index in [-0.39, 0.29) is 0 Å². The third-order valence-electron chi connectivity index (χ3n) is 5.30. The summed E-state index contributed by atoms with van der Waals surface area (Å²) in [6, 6.07) is 18.6. The standard InChI is InChI=1S/C25H18F3N5/c26-25(27,28)19-9-4-10-20(12-19)33-15-21(18-7-2-1-3-8-18)22-23(31-16-32-24(22)33)30-14-17-6-5-11-29-13-17/h1-13,15-16H,14H2,(H,30,31,32). The minimum atomic E-state index is -4.44. The van der Waals surface area contributed by atoms with Crippen LogP contribution in [0.2, 0.25) is 0 Å². The van der Waals surface area contributed by atoms with Gasteiger partial charge in [-0.25, -0.2) is 9.97 Å². The van der Waals surface area contributed by atoms with Crippen LogP contribution in [-0.2, 0) is 12.7 Å². The van der Waals surface area contributed by atoms with Crippen LogP contribution in [0.25, 0.3) is 27.8 Å². The number of nitrogens with zero attached hydrogens (tertiary/aromatic N) is 4. The molecular weight excluding hydrogens is 427 g/mol. The predicted octanol–water partition coefficient (Wildman–Crippen LogP) is 6.11. The predicted molar refractivity (Wildman–Crippen MR) is 121 cm³/mol. The molecule has 0 aliphatic carbocycles. The normalized spacial score (nSPS) is 11.6. The fourth-order valence-electron chi connectivity index (χ4n) is 3.75. The topological polar surface area (TPSA) is 55.6 Å². The first-order valence-electron chi connectivity index (χ1n) is 10.2. The Bertz CT molecular complexity index is 1400. The van der Waals surface area contributed by atoms with Crippen LogP contribution in [-0.4, -0.2) is 19.5 Å². The van der Waals surface area contributed by atoms with Crippen LogP contribution in [0.15, 0.2) is 91.6 Å². The summed E-state index contributed by atoms with van der Waals surface area (Å²) in [4.78, 5) is 13.0. The summed E-state index contributed by atoms with van der Waals surface area (Å²) < 4.78 is 41.7. The monoisotopic (exact) mass is 445 g/mol. The molecule has 33 heavy (non-hydrogen) atoms. The first-order valence-corrected chi connectivity index (χ1v) is 10.2. The molecule has 3 aromatic heterocycles. The molecule has 0 fully saturated rings. The van der Waals surface area contributed by atoms with Crippen LogP contribution in [0.5, 0.6) is 0 Å². The second kappa shape index (κ2) is 8.38. The smallest absolute Gasteiger partial charge is 0.365 e. The number of nitrogens with one attached hydrogen (secondary N) is 1. The Morgan fingerprint density at radius 1 is 0.909 bits per heavy atom. The molecule has 8 heteroatoms. The van der Waals surface area contributed by atoms with Gasteiger partial charge < -0.3 is 9.88 Å². The lowest BCUT2D eigenvalue weighted by atomic mass is 10.1. The Hall–Kier alpha value is -4.20. The zero-order chi connectivity index (χ0) is 22.8. The molecule has 0 radical (unpaired) electrons. The Labute approximate surface area is 187 Å². The lowest BCUT2D eigenvalue weighted by Gasteiger charge is -2.11. The average Bonchev–Trinajstić information content (AvgIpc) is 3.24. The highest BCUT2D eigenvalue weighted by molar-refractivity contribution is 6.02. The molecule has 0 amide bonds. The van der Waals surface area contributed by atoms with E-state index in [1.54, 1.807) is 29.2 Å². The number of anilines is 1. The number of alkyl halides is 3. The lowest BCUT2D eigenvalue weighted by molar-refractivity contribution is -0.137. The molecule has 5 nitrogen and oxygen atoms in total. The molecule has 0 atom stereocenters. The van der Waals surface area contributed by atoms with Gasteiger partial charge in [-0.1, -0.05) is 42.5 Å². The summed E-state index contributed by atoms with van der Waals surface area (Å²) in [6.45, 7) is 0.489. The van der Waals surface area contributed by atoms with Gasteiger partial charge in [-0.05, 0) is 35.4 Å². The third-order valence-corrected chi connectivity index (χ3v) is 5.30. The Morgan fingerprint density at radius 2 is 1.76 bits per heavy atom. The Balaban J connectivity index is 1.67. The number of benzene rings is 2. The van der Waals surface area contributed by atoms with Gasteiger partial charge in [0.2, 0.25) is 0 Å². The summed E-state index contributed by atoms with van der Waals surface area (Å²) in [6.07, 6.45) is 2.24. The van der Waals surface area contributed by atoms with E-state index in [0.29, 0.717) is 23.7 Å². The molecule has 0 saturated carbocycles. The van der Waals surface area contributed by atoms with Crippen LogP contribution < -0.4 is 5.32 Å². The van der Waals surface area contributed by atoms with Gasteiger partial charge >= 0.3 is 6.18 Å². The van der Waals surface area contributed by atoms with Crippen LogP contribution in [0.4, 0.5) is 19.0 Å². The Kier molecular flexibility index (Phi) is 5.26. The van der Waals surface area contributed by atoms with Crippen LogP contribution >= 0.6 is 0 Å². The van der Waals surface area contributed by atoms with E-state index in [0.717, 1.165) is 34.2 Å².